The van der Waals surface area contributed by atoms with Crippen molar-refractivity contribution in [3.05, 3.63) is 28.8 Å². The van der Waals surface area contributed by atoms with Gasteiger partial charge in [-0.15, -0.1) is 0 Å². The Kier molecular flexibility index (Phi) is 4.97. The molecule has 4 amide bonds. The molecule has 1 saturated heterocycles. The molecule has 1 heterocycles. The second-order valence-electron chi connectivity index (χ2n) is 8.77. The molecule has 0 unspecified atom stereocenters. The van der Waals surface area contributed by atoms with Crippen molar-refractivity contribution in [1.29, 1.82) is 0 Å². The van der Waals surface area contributed by atoms with E-state index < -0.39 is 17.5 Å². The number of carbonyl (C=O) groups excluding carboxylic acids is 3. The molecule has 1 saturated carbocycles. The predicted octanol–water partition coefficient (Wildman–Crippen LogP) is 3.72. The van der Waals surface area contributed by atoms with Gasteiger partial charge in [-0.05, 0) is 61.3 Å². The quantitative estimate of drug-likeness (QED) is 0.770. The number of urea groups is 1. The summed E-state index contributed by atoms with van der Waals surface area (Å²) in [5, 5.41) is 6.21. The van der Waals surface area contributed by atoms with Crippen molar-refractivity contribution in [1.82, 2.24) is 10.2 Å². The Labute approximate surface area is 164 Å². The van der Waals surface area contributed by atoms with Crippen LogP contribution in [0.1, 0.15) is 45.6 Å². The van der Waals surface area contributed by atoms with Crippen LogP contribution in [0.2, 0.25) is 5.02 Å². The molecule has 0 aromatic heterocycles. The van der Waals surface area contributed by atoms with Crippen molar-refractivity contribution in [2.24, 2.45) is 11.3 Å². The number of halogens is 1. The summed E-state index contributed by atoms with van der Waals surface area (Å²) in [6.07, 6.45) is 2.20. The van der Waals surface area contributed by atoms with Gasteiger partial charge in [-0.2, -0.15) is 0 Å². The Morgan fingerprint density at radius 2 is 2.04 bits per heavy atom. The lowest BCUT2D eigenvalue weighted by molar-refractivity contribution is -0.136. The summed E-state index contributed by atoms with van der Waals surface area (Å²) in [7, 11) is 0. The molecule has 7 heteroatoms. The van der Waals surface area contributed by atoms with Gasteiger partial charge in [0.05, 0.1) is 0 Å². The SMILES string of the molecule is Cc1cc(Cl)ccc1NC(=O)CN1C(=O)N[C@]2(C[C@H](C)CC(C)(C)C2)C1=O. The number of benzene rings is 1. The number of nitrogens with one attached hydrogen (secondary N) is 2. The van der Waals surface area contributed by atoms with Gasteiger partial charge < -0.3 is 10.6 Å². The van der Waals surface area contributed by atoms with Gasteiger partial charge >= 0.3 is 6.03 Å². The molecule has 146 valence electrons. The van der Waals surface area contributed by atoms with Crippen molar-refractivity contribution in [2.45, 2.75) is 52.5 Å². The molecule has 1 aromatic rings. The van der Waals surface area contributed by atoms with E-state index in [9.17, 15) is 14.4 Å². The summed E-state index contributed by atoms with van der Waals surface area (Å²) < 4.78 is 0. The number of hydrogen-bond acceptors (Lipinski definition) is 3. The Balaban J connectivity index is 1.73. The van der Waals surface area contributed by atoms with Gasteiger partial charge in [-0.25, -0.2) is 4.79 Å². The normalized spacial score (nSPS) is 27.0. The van der Waals surface area contributed by atoms with Crippen molar-refractivity contribution in [2.75, 3.05) is 11.9 Å². The molecule has 3 rings (SSSR count). The Hall–Kier alpha value is -2.08. The molecule has 6 nitrogen and oxygen atoms in total. The predicted molar refractivity (Wildman–Crippen MR) is 105 cm³/mol. The molecule has 1 spiro atoms. The van der Waals surface area contributed by atoms with E-state index in [0.717, 1.165) is 16.9 Å². The number of amides is 4. The van der Waals surface area contributed by atoms with Crippen molar-refractivity contribution in [3.8, 4) is 0 Å². The number of hydrogen-bond donors (Lipinski definition) is 2. The molecule has 2 N–H and O–H groups in total. The molecule has 0 bridgehead atoms. The van der Waals surface area contributed by atoms with Crippen LogP contribution < -0.4 is 10.6 Å². The average Bonchev–Trinajstić information content (AvgIpc) is 2.72. The zero-order valence-corrected chi connectivity index (χ0v) is 16.9. The number of aryl methyl sites for hydroxylation is 1. The molecule has 1 aromatic carbocycles. The summed E-state index contributed by atoms with van der Waals surface area (Å²) in [5.41, 5.74) is 0.486. The minimum absolute atomic E-state index is 0.0424. The maximum absolute atomic E-state index is 13.1. The van der Waals surface area contributed by atoms with E-state index in [1.54, 1.807) is 18.2 Å². The van der Waals surface area contributed by atoms with E-state index in [0.29, 0.717) is 29.5 Å². The van der Waals surface area contributed by atoms with Crippen molar-refractivity contribution in [3.63, 3.8) is 0 Å². The molecular formula is C20H26ClN3O3. The smallest absolute Gasteiger partial charge is 0.324 e. The molecule has 2 fully saturated rings. The van der Waals surface area contributed by atoms with Crippen LogP contribution >= 0.6 is 11.6 Å². The van der Waals surface area contributed by atoms with Gasteiger partial charge in [0, 0.05) is 10.7 Å². The molecule has 1 aliphatic carbocycles. The second-order valence-corrected chi connectivity index (χ2v) is 9.20. The van der Waals surface area contributed by atoms with Crippen LogP contribution in [0.5, 0.6) is 0 Å². The molecule has 0 radical (unpaired) electrons. The lowest BCUT2D eigenvalue weighted by Crippen LogP contribution is -2.54. The summed E-state index contributed by atoms with van der Waals surface area (Å²) in [5.74, 6) is -0.386. The first kappa shape index (κ1) is 19.7. The Morgan fingerprint density at radius 1 is 1.33 bits per heavy atom. The van der Waals surface area contributed by atoms with Gasteiger partial charge in [0.15, 0.2) is 0 Å². The highest BCUT2D eigenvalue weighted by molar-refractivity contribution is 6.30. The third-order valence-corrected chi connectivity index (χ3v) is 5.62. The number of anilines is 1. The van der Waals surface area contributed by atoms with Crippen LogP contribution in [0.25, 0.3) is 0 Å². The van der Waals surface area contributed by atoms with Crippen molar-refractivity contribution >= 4 is 35.1 Å². The van der Waals surface area contributed by atoms with Crippen LogP contribution in [0.15, 0.2) is 18.2 Å². The number of carbonyl (C=O) groups is 3. The molecule has 27 heavy (non-hydrogen) atoms. The minimum atomic E-state index is -0.894. The maximum Gasteiger partial charge on any atom is 0.325 e. The lowest BCUT2D eigenvalue weighted by atomic mass is 9.64. The van der Waals surface area contributed by atoms with Gasteiger partial charge in [-0.3, -0.25) is 14.5 Å². The zero-order chi connectivity index (χ0) is 20.0. The van der Waals surface area contributed by atoms with Crippen LogP contribution in [0.4, 0.5) is 10.5 Å². The first-order chi connectivity index (χ1) is 12.5. The number of rotatable bonds is 3. The molecule has 2 aliphatic rings. The second kappa shape index (κ2) is 6.82. The summed E-state index contributed by atoms with van der Waals surface area (Å²) in [6, 6.07) is 4.63. The third-order valence-electron chi connectivity index (χ3n) is 5.39. The Bertz CT molecular complexity index is 808. The average molecular weight is 392 g/mol. The molecular weight excluding hydrogens is 366 g/mol. The van der Waals surface area contributed by atoms with Crippen LogP contribution in [0, 0.1) is 18.3 Å². The largest absolute Gasteiger partial charge is 0.325 e. The summed E-state index contributed by atoms with van der Waals surface area (Å²) in [6.45, 7) is 7.85. The highest BCUT2D eigenvalue weighted by Gasteiger charge is 2.56. The van der Waals surface area contributed by atoms with Gasteiger partial charge in [0.25, 0.3) is 5.91 Å². The van der Waals surface area contributed by atoms with Crippen LogP contribution in [0.3, 0.4) is 0 Å². The minimum Gasteiger partial charge on any atom is -0.324 e. The van der Waals surface area contributed by atoms with Crippen molar-refractivity contribution < 1.29 is 14.4 Å². The van der Waals surface area contributed by atoms with E-state index >= 15 is 0 Å². The van der Waals surface area contributed by atoms with Gasteiger partial charge in [0.1, 0.15) is 12.1 Å². The molecule has 1 aliphatic heterocycles. The standard InChI is InChI=1S/C20H26ClN3O3/c1-12-8-19(3,4)11-20(9-12)17(26)24(18(27)23-20)10-16(25)22-15-6-5-14(21)7-13(15)2/h5-7,12H,8-11H2,1-4H3,(H,22,25)(H,23,27)/t12-,20+/m1/s1. The van der Waals surface area contributed by atoms with Crippen LogP contribution in [-0.2, 0) is 9.59 Å². The topological polar surface area (TPSA) is 78.5 Å². The van der Waals surface area contributed by atoms with Gasteiger partial charge in [0.2, 0.25) is 5.91 Å². The fraction of sp³-hybridized carbons (Fsp3) is 0.550. The van der Waals surface area contributed by atoms with Gasteiger partial charge in [-0.1, -0.05) is 32.4 Å². The zero-order valence-electron chi connectivity index (χ0n) is 16.2. The first-order valence-corrected chi connectivity index (χ1v) is 9.59. The summed E-state index contributed by atoms with van der Waals surface area (Å²) in [4.78, 5) is 39.0. The molecule has 2 atom stereocenters. The number of imide groups is 1. The lowest BCUT2D eigenvalue weighted by Gasteiger charge is -2.43. The van der Waals surface area contributed by atoms with E-state index in [1.165, 1.54) is 0 Å². The fourth-order valence-electron chi connectivity index (χ4n) is 4.75. The summed E-state index contributed by atoms with van der Waals surface area (Å²) >= 11 is 5.93. The van der Waals surface area contributed by atoms with E-state index in [1.807, 2.05) is 6.92 Å². The third kappa shape index (κ3) is 3.95. The highest BCUT2D eigenvalue weighted by Crippen LogP contribution is 2.46. The van der Waals surface area contributed by atoms with E-state index in [2.05, 4.69) is 31.4 Å². The monoisotopic (exact) mass is 391 g/mol. The number of nitrogens with zero attached hydrogens (tertiary/aromatic N) is 1. The maximum atomic E-state index is 13.1. The highest BCUT2D eigenvalue weighted by atomic mass is 35.5. The first-order valence-electron chi connectivity index (χ1n) is 9.21. The Morgan fingerprint density at radius 3 is 2.67 bits per heavy atom. The van der Waals surface area contributed by atoms with Crippen LogP contribution in [-0.4, -0.2) is 34.8 Å². The van der Waals surface area contributed by atoms with E-state index in [-0.39, 0.29) is 17.9 Å². The fourth-order valence-corrected chi connectivity index (χ4v) is 4.98. The van der Waals surface area contributed by atoms with E-state index in [4.69, 9.17) is 11.6 Å².